The first-order valence-corrected chi connectivity index (χ1v) is 4.95. The first kappa shape index (κ1) is 15.6. The van der Waals surface area contributed by atoms with Crippen molar-refractivity contribution in [3.05, 3.63) is 0 Å². The van der Waals surface area contributed by atoms with E-state index in [2.05, 4.69) is 6.92 Å². The van der Waals surface area contributed by atoms with Crippen molar-refractivity contribution in [3.8, 4) is 0 Å². The van der Waals surface area contributed by atoms with E-state index in [1.54, 1.807) is 0 Å². The van der Waals surface area contributed by atoms with Gasteiger partial charge in [-0.2, -0.15) is 0 Å². The van der Waals surface area contributed by atoms with Gasteiger partial charge in [-0.1, -0.05) is 39.5 Å². The fraction of sp³-hybridized carbons (Fsp3) is 0.900. The zero-order valence-corrected chi connectivity index (χ0v) is 11.8. The van der Waals surface area contributed by atoms with Crippen LogP contribution in [0.5, 0.6) is 0 Å². The summed E-state index contributed by atoms with van der Waals surface area (Å²) in [5.41, 5.74) is 0. The van der Waals surface area contributed by atoms with Crippen LogP contribution in [-0.4, -0.2) is 11.1 Å². The number of carboxylic acid groups (broad SMARTS) is 1. The van der Waals surface area contributed by atoms with Crippen molar-refractivity contribution in [2.24, 2.45) is 5.92 Å². The molecule has 0 fully saturated rings. The Bertz CT molecular complexity index is 126. The summed E-state index contributed by atoms with van der Waals surface area (Å²) in [5, 5.41) is 8.80. The molecular weight excluding hydrogens is 217 g/mol. The Hall–Kier alpha value is 0.0934. The van der Waals surface area contributed by atoms with Crippen molar-refractivity contribution < 1.29 is 29.4 Å². The Morgan fingerprint density at radius 3 is 2.15 bits per heavy atom. The summed E-state index contributed by atoms with van der Waals surface area (Å²) in [5.74, 6) is -0.713. The molecular formula is C10H20O2Zn. The molecule has 0 aliphatic rings. The molecule has 1 N–H and O–H groups in total. The predicted molar refractivity (Wildman–Crippen MR) is 50.2 cm³/mol. The monoisotopic (exact) mass is 236 g/mol. The molecule has 74 valence electrons. The van der Waals surface area contributed by atoms with Gasteiger partial charge in [-0.25, -0.2) is 0 Å². The van der Waals surface area contributed by atoms with Crippen LogP contribution in [0.4, 0.5) is 0 Å². The number of hydrogen-bond acceptors (Lipinski definition) is 1. The second kappa shape index (κ2) is 10.2. The van der Waals surface area contributed by atoms with Gasteiger partial charge in [0, 0.05) is 19.5 Å². The molecule has 0 saturated heterocycles. The molecule has 1 atom stereocenters. The van der Waals surface area contributed by atoms with Gasteiger partial charge in [0.1, 0.15) is 0 Å². The van der Waals surface area contributed by atoms with E-state index in [1.165, 1.54) is 6.42 Å². The van der Waals surface area contributed by atoms with Crippen molar-refractivity contribution in [2.45, 2.75) is 52.4 Å². The van der Waals surface area contributed by atoms with Crippen LogP contribution >= 0.6 is 0 Å². The maximum atomic E-state index is 10.7. The molecule has 1 unspecified atom stereocenters. The topological polar surface area (TPSA) is 37.3 Å². The first-order chi connectivity index (χ1) is 5.72. The number of carboxylic acids is 1. The molecule has 0 heterocycles. The van der Waals surface area contributed by atoms with Crippen molar-refractivity contribution in [2.75, 3.05) is 0 Å². The number of hydrogen-bond donors (Lipinski definition) is 1. The van der Waals surface area contributed by atoms with Gasteiger partial charge in [0.2, 0.25) is 0 Å². The zero-order valence-electron chi connectivity index (χ0n) is 8.88. The van der Waals surface area contributed by atoms with Crippen LogP contribution < -0.4 is 0 Å². The number of carbonyl (C=O) groups is 1. The maximum Gasteiger partial charge on any atom is 0.306 e. The smallest absolute Gasteiger partial charge is 0.306 e. The predicted octanol–water partition coefficient (Wildman–Crippen LogP) is 3.07. The van der Waals surface area contributed by atoms with Gasteiger partial charge < -0.3 is 5.11 Å². The molecule has 13 heavy (non-hydrogen) atoms. The van der Waals surface area contributed by atoms with Crippen LogP contribution in [0.2, 0.25) is 0 Å². The Labute approximate surface area is 93.9 Å². The maximum absolute atomic E-state index is 10.7. The van der Waals surface area contributed by atoms with Crippen LogP contribution in [-0.2, 0) is 24.3 Å². The van der Waals surface area contributed by atoms with E-state index in [4.69, 9.17) is 5.11 Å². The van der Waals surface area contributed by atoms with Crippen LogP contribution in [0.1, 0.15) is 52.4 Å². The molecule has 0 rings (SSSR count). The molecule has 0 aromatic heterocycles. The summed E-state index contributed by atoms with van der Waals surface area (Å²) in [4.78, 5) is 10.7. The number of rotatable bonds is 7. The van der Waals surface area contributed by atoms with Crippen molar-refractivity contribution >= 4 is 5.97 Å². The molecule has 0 saturated carbocycles. The minimum atomic E-state index is -0.618. The van der Waals surface area contributed by atoms with E-state index in [1.807, 2.05) is 6.92 Å². The van der Waals surface area contributed by atoms with Crippen LogP contribution in [0, 0.1) is 5.92 Å². The SMILES string of the molecule is CCCCCC(CCC)C(=O)O.[Zn]. The zero-order chi connectivity index (χ0) is 9.40. The van der Waals surface area contributed by atoms with E-state index >= 15 is 0 Å². The summed E-state index contributed by atoms with van der Waals surface area (Å²) in [6, 6.07) is 0. The second-order valence-electron chi connectivity index (χ2n) is 3.32. The van der Waals surface area contributed by atoms with Gasteiger partial charge in [0.15, 0.2) is 0 Å². The fourth-order valence-electron chi connectivity index (χ4n) is 1.38. The summed E-state index contributed by atoms with van der Waals surface area (Å²) in [7, 11) is 0. The summed E-state index contributed by atoms with van der Waals surface area (Å²) in [6.45, 7) is 4.17. The van der Waals surface area contributed by atoms with Crippen LogP contribution in [0.15, 0.2) is 0 Å². The van der Waals surface area contributed by atoms with Crippen LogP contribution in [0.25, 0.3) is 0 Å². The third-order valence-electron chi connectivity index (χ3n) is 2.14. The van der Waals surface area contributed by atoms with E-state index in [0.29, 0.717) is 0 Å². The second-order valence-corrected chi connectivity index (χ2v) is 3.32. The molecule has 0 bridgehead atoms. The average molecular weight is 238 g/mol. The van der Waals surface area contributed by atoms with Gasteiger partial charge in [0.05, 0.1) is 5.92 Å². The van der Waals surface area contributed by atoms with Gasteiger partial charge in [0.25, 0.3) is 0 Å². The van der Waals surface area contributed by atoms with Gasteiger partial charge in [-0.3, -0.25) is 4.79 Å². The van der Waals surface area contributed by atoms with Crippen molar-refractivity contribution in [1.29, 1.82) is 0 Å². The molecule has 0 aromatic rings. The molecule has 0 spiro atoms. The standard InChI is InChI=1S/C10H20O2.Zn/c1-3-5-6-8-9(7-4-2)10(11)12;/h9H,3-8H2,1-2H3,(H,11,12);. The largest absolute Gasteiger partial charge is 0.481 e. The Balaban J connectivity index is 0. The summed E-state index contributed by atoms with van der Waals surface area (Å²) >= 11 is 0. The molecule has 0 aromatic carbocycles. The average Bonchev–Trinajstić information content (AvgIpc) is 2.03. The van der Waals surface area contributed by atoms with E-state index in [0.717, 1.165) is 32.1 Å². The quantitative estimate of drug-likeness (QED) is 0.546. The van der Waals surface area contributed by atoms with Crippen LogP contribution in [0.3, 0.4) is 0 Å². The van der Waals surface area contributed by atoms with Gasteiger partial charge in [-0.15, -0.1) is 0 Å². The fourth-order valence-corrected chi connectivity index (χ4v) is 1.38. The molecule has 3 heteroatoms. The molecule has 0 aliphatic carbocycles. The molecule has 2 nitrogen and oxygen atoms in total. The Morgan fingerprint density at radius 1 is 1.15 bits per heavy atom. The first-order valence-electron chi connectivity index (χ1n) is 4.95. The normalized spacial score (nSPS) is 11.8. The molecule has 0 aliphatic heterocycles. The van der Waals surface area contributed by atoms with Crippen molar-refractivity contribution in [3.63, 3.8) is 0 Å². The Kier molecular flexibility index (Phi) is 12.2. The van der Waals surface area contributed by atoms with Gasteiger partial charge >= 0.3 is 5.97 Å². The number of unbranched alkanes of at least 4 members (excludes halogenated alkanes) is 2. The minimum absolute atomic E-state index is 0. The van der Waals surface area contributed by atoms with Crippen molar-refractivity contribution in [1.82, 2.24) is 0 Å². The minimum Gasteiger partial charge on any atom is -0.481 e. The van der Waals surface area contributed by atoms with E-state index in [-0.39, 0.29) is 25.4 Å². The Morgan fingerprint density at radius 2 is 1.77 bits per heavy atom. The summed E-state index contributed by atoms with van der Waals surface area (Å²) in [6.07, 6.45) is 6.05. The third-order valence-corrected chi connectivity index (χ3v) is 2.14. The van der Waals surface area contributed by atoms with E-state index < -0.39 is 5.97 Å². The third kappa shape index (κ3) is 8.42. The summed E-state index contributed by atoms with van der Waals surface area (Å²) < 4.78 is 0. The van der Waals surface area contributed by atoms with E-state index in [9.17, 15) is 4.79 Å². The molecule has 0 radical (unpaired) electrons. The molecule has 0 amide bonds. The van der Waals surface area contributed by atoms with Gasteiger partial charge in [-0.05, 0) is 12.8 Å². The number of aliphatic carboxylic acids is 1.